The van der Waals surface area contributed by atoms with Crippen molar-refractivity contribution in [1.29, 1.82) is 0 Å². The number of amides is 1. The van der Waals surface area contributed by atoms with E-state index in [1.807, 2.05) is 13.8 Å². The second kappa shape index (κ2) is 7.70. The topological polar surface area (TPSA) is 38.3 Å². The van der Waals surface area contributed by atoms with Crippen LogP contribution in [-0.2, 0) is 9.53 Å². The molecule has 0 heterocycles. The number of hydrogen-bond donors (Lipinski definition) is 1. The summed E-state index contributed by atoms with van der Waals surface area (Å²) in [7, 11) is 0. The minimum Gasteiger partial charge on any atom is -0.369 e. The Labute approximate surface area is 105 Å². The van der Waals surface area contributed by atoms with Crippen molar-refractivity contribution in [3.05, 3.63) is 0 Å². The van der Waals surface area contributed by atoms with Gasteiger partial charge in [-0.1, -0.05) is 26.2 Å². The molecule has 0 aromatic heterocycles. The predicted molar refractivity (Wildman–Crippen MR) is 69.9 cm³/mol. The lowest BCUT2D eigenvalue weighted by Crippen LogP contribution is -2.42. The standard InChI is InChI=1S/C14H27NO2/c1-4-13(12-8-6-5-7-9-12)15-14(16)10-17-11(2)3/h11-13H,4-10H2,1-3H3,(H,15,16). The van der Waals surface area contributed by atoms with Crippen molar-refractivity contribution < 1.29 is 9.53 Å². The minimum atomic E-state index is 0.0381. The van der Waals surface area contributed by atoms with Crippen LogP contribution in [0.2, 0.25) is 0 Å². The average molecular weight is 241 g/mol. The first-order valence-corrected chi connectivity index (χ1v) is 7.04. The number of carbonyl (C=O) groups is 1. The van der Waals surface area contributed by atoms with E-state index in [1.165, 1.54) is 32.1 Å². The molecule has 0 aromatic rings. The van der Waals surface area contributed by atoms with Crippen LogP contribution in [0.1, 0.15) is 59.3 Å². The first-order valence-electron chi connectivity index (χ1n) is 7.04. The van der Waals surface area contributed by atoms with E-state index in [9.17, 15) is 4.79 Å². The van der Waals surface area contributed by atoms with Gasteiger partial charge in [-0.2, -0.15) is 0 Å². The Hall–Kier alpha value is -0.570. The monoisotopic (exact) mass is 241 g/mol. The molecule has 1 aliphatic carbocycles. The van der Waals surface area contributed by atoms with Crippen molar-refractivity contribution in [2.75, 3.05) is 6.61 Å². The van der Waals surface area contributed by atoms with Crippen molar-refractivity contribution in [2.24, 2.45) is 5.92 Å². The van der Waals surface area contributed by atoms with E-state index in [-0.39, 0.29) is 18.6 Å². The maximum atomic E-state index is 11.7. The lowest BCUT2D eigenvalue weighted by Gasteiger charge is -2.30. The Morgan fingerprint density at radius 3 is 2.47 bits per heavy atom. The number of nitrogens with one attached hydrogen (secondary N) is 1. The molecule has 0 radical (unpaired) electrons. The molecule has 1 aliphatic rings. The van der Waals surface area contributed by atoms with Gasteiger partial charge in [0.1, 0.15) is 6.61 Å². The molecule has 1 rings (SSSR count). The third kappa shape index (κ3) is 5.53. The zero-order chi connectivity index (χ0) is 12.7. The zero-order valence-electron chi connectivity index (χ0n) is 11.5. The number of ether oxygens (including phenoxy) is 1. The third-order valence-corrected chi connectivity index (χ3v) is 3.55. The van der Waals surface area contributed by atoms with Crippen molar-refractivity contribution >= 4 is 5.91 Å². The summed E-state index contributed by atoms with van der Waals surface area (Å²) in [5.74, 6) is 0.716. The molecule has 1 saturated carbocycles. The molecule has 1 atom stereocenters. The van der Waals surface area contributed by atoms with Gasteiger partial charge in [-0.05, 0) is 39.0 Å². The van der Waals surface area contributed by atoms with Crippen LogP contribution < -0.4 is 5.32 Å². The second-order valence-electron chi connectivity index (χ2n) is 5.34. The molecule has 3 heteroatoms. The Morgan fingerprint density at radius 1 is 1.29 bits per heavy atom. The fourth-order valence-corrected chi connectivity index (χ4v) is 2.58. The van der Waals surface area contributed by atoms with Gasteiger partial charge >= 0.3 is 0 Å². The first-order chi connectivity index (χ1) is 8.13. The van der Waals surface area contributed by atoms with E-state index in [2.05, 4.69) is 12.2 Å². The summed E-state index contributed by atoms with van der Waals surface area (Å²) in [5, 5.41) is 3.13. The lowest BCUT2D eigenvalue weighted by molar-refractivity contribution is -0.128. The van der Waals surface area contributed by atoms with Crippen LogP contribution in [0.4, 0.5) is 0 Å². The van der Waals surface area contributed by atoms with E-state index < -0.39 is 0 Å². The first kappa shape index (κ1) is 14.5. The van der Waals surface area contributed by atoms with Crippen molar-refractivity contribution in [3.8, 4) is 0 Å². The average Bonchev–Trinajstić information content (AvgIpc) is 2.34. The van der Waals surface area contributed by atoms with Gasteiger partial charge in [0.2, 0.25) is 5.91 Å². The normalized spacial score (nSPS) is 19.3. The van der Waals surface area contributed by atoms with Crippen LogP contribution in [0.3, 0.4) is 0 Å². The van der Waals surface area contributed by atoms with Crippen LogP contribution >= 0.6 is 0 Å². The van der Waals surface area contributed by atoms with E-state index >= 15 is 0 Å². The molecule has 100 valence electrons. The summed E-state index contributed by atoms with van der Waals surface area (Å²) in [4.78, 5) is 11.7. The quantitative estimate of drug-likeness (QED) is 0.776. The second-order valence-corrected chi connectivity index (χ2v) is 5.34. The van der Waals surface area contributed by atoms with E-state index in [4.69, 9.17) is 4.74 Å². The molecule has 1 amide bonds. The van der Waals surface area contributed by atoms with Gasteiger partial charge in [0, 0.05) is 6.04 Å². The number of carbonyl (C=O) groups excluding carboxylic acids is 1. The highest BCUT2D eigenvalue weighted by Crippen LogP contribution is 2.27. The summed E-state index contributed by atoms with van der Waals surface area (Å²) in [6.45, 7) is 6.25. The van der Waals surface area contributed by atoms with Crippen molar-refractivity contribution in [2.45, 2.75) is 71.4 Å². The molecular formula is C14H27NO2. The van der Waals surface area contributed by atoms with Crippen LogP contribution in [0.5, 0.6) is 0 Å². The molecule has 0 spiro atoms. The molecule has 0 saturated heterocycles. The molecule has 17 heavy (non-hydrogen) atoms. The SMILES string of the molecule is CCC(NC(=O)COC(C)C)C1CCCCC1. The molecule has 0 aromatic carbocycles. The summed E-state index contributed by atoms with van der Waals surface area (Å²) in [5.41, 5.74) is 0. The molecule has 1 N–H and O–H groups in total. The van der Waals surface area contributed by atoms with E-state index in [0.29, 0.717) is 12.0 Å². The Kier molecular flexibility index (Phi) is 6.56. The van der Waals surface area contributed by atoms with Gasteiger partial charge in [0.15, 0.2) is 0 Å². The van der Waals surface area contributed by atoms with Crippen molar-refractivity contribution in [1.82, 2.24) is 5.32 Å². The van der Waals surface area contributed by atoms with Gasteiger partial charge in [0.05, 0.1) is 6.10 Å². The highest BCUT2D eigenvalue weighted by molar-refractivity contribution is 5.77. The highest BCUT2D eigenvalue weighted by atomic mass is 16.5. The summed E-state index contributed by atoms with van der Waals surface area (Å²) >= 11 is 0. The maximum Gasteiger partial charge on any atom is 0.246 e. The lowest BCUT2D eigenvalue weighted by atomic mass is 9.83. The van der Waals surface area contributed by atoms with Crippen LogP contribution in [0, 0.1) is 5.92 Å². The minimum absolute atomic E-state index is 0.0381. The van der Waals surface area contributed by atoms with E-state index in [1.54, 1.807) is 0 Å². The number of hydrogen-bond acceptors (Lipinski definition) is 2. The Morgan fingerprint density at radius 2 is 1.94 bits per heavy atom. The van der Waals surface area contributed by atoms with Crippen molar-refractivity contribution in [3.63, 3.8) is 0 Å². The summed E-state index contributed by atoms with van der Waals surface area (Å²) in [6, 6.07) is 0.346. The van der Waals surface area contributed by atoms with Crippen LogP contribution in [0.15, 0.2) is 0 Å². The third-order valence-electron chi connectivity index (χ3n) is 3.55. The molecule has 1 fully saturated rings. The predicted octanol–water partition coefficient (Wildman–Crippen LogP) is 2.89. The van der Waals surface area contributed by atoms with Crippen LogP contribution in [0.25, 0.3) is 0 Å². The molecule has 1 unspecified atom stereocenters. The Bertz CT molecular complexity index is 222. The maximum absolute atomic E-state index is 11.7. The van der Waals surface area contributed by atoms with Gasteiger partial charge in [0.25, 0.3) is 0 Å². The molecule has 0 bridgehead atoms. The van der Waals surface area contributed by atoms with Gasteiger partial charge in [-0.3, -0.25) is 4.79 Å². The Balaban J connectivity index is 2.32. The van der Waals surface area contributed by atoms with E-state index in [0.717, 1.165) is 6.42 Å². The smallest absolute Gasteiger partial charge is 0.246 e. The fourth-order valence-electron chi connectivity index (χ4n) is 2.58. The number of rotatable bonds is 6. The highest BCUT2D eigenvalue weighted by Gasteiger charge is 2.23. The van der Waals surface area contributed by atoms with Gasteiger partial charge < -0.3 is 10.1 Å². The van der Waals surface area contributed by atoms with Crippen LogP contribution in [-0.4, -0.2) is 24.7 Å². The van der Waals surface area contributed by atoms with Gasteiger partial charge in [-0.25, -0.2) is 0 Å². The molecule has 3 nitrogen and oxygen atoms in total. The fraction of sp³-hybridized carbons (Fsp3) is 0.929. The zero-order valence-corrected chi connectivity index (χ0v) is 11.5. The van der Waals surface area contributed by atoms with Gasteiger partial charge in [-0.15, -0.1) is 0 Å². The molecular weight excluding hydrogens is 214 g/mol. The molecule has 0 aliphatic heterocycles. The summed E-state index contributed by atoms with van der Waals surface area (Å²) in [6.07, 6.45) is 7.68. The summed E-state index contributed by atoms with van der Waals surface area (Å²) < 4.78 is 5.32. The largest absolute Gasteiger partial charge is 0.369 e.